The van der Waals surface area contributed by atoms with Crippen molar-refractivity contribution < 1.29 is 13.9 Å². The normalized spacial score (nSPS) is 14.8. The zero-order valence-electron chi connectivity index (χ0n) is 18.3. The number of nitrogens with zero attached hydrogens (tertiary/aromatic N) is 3. The van der Waals surface area contributed by atoms with Crippen LogP contribution in [-0.2, 0) is 9.53 Å². The highest BCUT2D eigenvalue weighted by Crippen LogP contribution is 2.37. The maximum absolute atomic E-state index is 14.9. The Balaban J connectivity index is 1.67. The molecule has 1 saturated heterocycles. The van der Waals surface area contributed by atoms with Crippen LogP contribution < -0.4 is 5.56 Å². The van der Waals surface area contributed by atoms with E-state index in [-0.39, 0.29) is 22.3 Å². The summed E-state index contributed by atoms with van der Waals surface area (Å²) in [4.78, 5) is 33.6. The third-order valence-corrected chi connectivity index (χ3v) is 6.91. The number of amides is 1. The number of ether oxygens (including phenoxy) is 1. The summed E-state index contributed by atoms with van der Waals surface area (Å²) in [5.41, 5.74) is 0.988. The molecule has 2 heterocycles. The van der Waals surface area contributed by atoms with Gasteiger partial charge >= 0.3 is 0 Å². The first-order valence-electron chi connectivity index (χ1n) is 11.0. The van der Waals surface area contributed by atoms with E-state index in [0.29, 0.717) is 37.2 Å². The van der Waals surface area contributed by atoms with Crippen LogP contribution in [0.25, 0.3) is 16.6 Å². The molecule has 1 aromatic heterocycles. The van der Waals surface area contributed by atoms with Gasteiger partial charge < -0.3 is 9.64 Å². The van der Waals surface area contributed by atoms with E-state index >= 15 is 0 Å². The second kappa shape index (κ2) is 9.79. The Morgan fingerprint density at radius 1 is 0.941 bits per heavy atom. The van der Waals surface area contributed by atoms with Gasteiger partial charge in [-0.2, -0.15) is 0 Å². The molecule has 34 heavy (non-hydrogen) atoms. The molecule has 3 aromatic carbocycles. The average molecular weight is 476 g/mol. The number of carbonyl (C=O) groups is 1. The predicted molar refractivity (Wildman–Crippen MR) is 130 cm³/mol. The molecule has 4 aromatic rings. The number of para-hydroxylation sites is 2. The molecule has 0 radical (unpaired) electrons. The first-order chi connectivity index (χ1) is 16.6. The molecule has 1 aliphatic heterocycles. The van der Waals surface area contributed by atoms with Crippen LogP contribution in [0.2, 0.25) is 0 Å². The Bertz CT molecular complexity index is 1390. The van der Waals surface area contributed by atoms with E-state index in [1.54, 1.807) is 47.4 Å². The van der Waals surface area contributed by atoms with E-state index in [4.69, 9.17) is 9.72 Å². The van der Waals surface area contributed by atoms with Crippen molar-refractivity contribution >= 4 is 28.6 Å². The highest BCUT2D eigenvalue weighted by atomic mass is 32.2. The third-order valence-electron chi connectivity index (χ3n) is 5.71. The van der Waals surface area contributed by atoms with Gasteiger partial charge in [0.2, 0.25) is 5.91 Å². The molecular weight excluding hydrogens is 453 g/mol. The maximum atomic E-state index is 14.9. The number of hydrogen-bond donors (Lipinski definition) is 0. The van der Waals surface area contributed by atoms with Gasteiger partial charge in [0.1, 0.15) is 11.1 Å². The monoisotopic (exact) mass is 475 g/mol. The summed E-state index contributed by atoms with van der Waals surface area (Å²) in [7, 11) is 0. The van der Waals surface area contributed by atoms with Gasteiger partial charge in [-0.15, -0.1) is 0 Å². The summed E-state index contributed by atoms with van der Waals surface area (Å²) in [5, 5.41) is -0.0273. The second-order valence-corrected chi connectivity index (χ2v) is 8.92. The zero-order valence-corrected chi connectivity index (χ0v) is 19.1. The number of benzene rings is 3. The van der Waals surface area contributed by atoms with Crippen molar-refractivity contribution in [1.82, 2.24) is 14.5 Å². The molecule has 1 amide bonds. The fourth-order valence-electron chi connectivity index (χ4n) is 3.98. The molecule has 6 nitrogen and oxygen atoms in total. The van der Waals surface area contributed by atoms with E-state index < -0.39 is 11.1 Å². The number of hydrogen-bond acceptors (Lipinski definition) is 5. The molecule has 1 fully saturated rings. The lowest BCUT2D eigenvalue weighted by atomic mass is 10.1. The van der Waals surface area contributed by atoms with Gasteiger partial charge in [-0.05, 0) is 29.8 Å². The summed E-state index contributed by atoms with van der Waals surface area (Å²) in [5.74, 6) is -0.638. The van der Waals surface area contributed by atoms with E-state index in [0.717, 1.165) is 17.3 Å². The minimum absolute atomic E-state index is 0.0954. The number of halogens is 1. The molecule has 0 aliphatic carbocycles. The SMILES string of the molecule is O=C([C@H](Sc1nc2ccccc2c(=O)n1-c1ccccc1F)c1ccccc1)N1CCOCC1. The Kier molecular flexibility index (Phi) is 6.42. The first-order valence-corrected chi connectivity index (χ1v) is 11.9. The number of fused-ring (bicyclic) bond motifs is 1. The van der Waals surface area contributed by atoms with Crippen molar-refractivity contribution in [2.24, 2.45) is 0 Å². The number of aromatic nitrogens is 2. The van der Waals surface area contributed by atoms with Crippen molar-refractivity contribution in [1.29, 1.82) is 0 Å². The van der Waals surface area contributed by atoms with Gasteiger partial charge in [0.05, 0.1) is 29.8 Å². The van der Waals surface area contributed by atoms with Crippen LogP contribution in [0.5, 0.6) is 0 Å². The van der Waals surface area contributed by atoms with Gasteiger partial charge in [-0.25, -0.2) is 9.37 Å². The van der Waals surface area contributed by atoms with Gasteiger partial charge in [0.15, 0.2) is 5.16 Å². The summed E-state index contributed by atoms with van der Waals surface area (Å²) in [6.45, 7) is 1.94. The zero-order chi connectivity index (χ0) is 23.5. The van der Waals surface area contributed by atoms with Crippen molar-refractivity contribution in [3.63, 3.8) is 0 Å². The summed E-state index contributed by atoms with van der Waals surface area (Å²) in [6.07, 6.45) is 0. The van der Waals surface area contributed by atoms with Gasteiger partial charge in [-0.3, -0.25) is 14.2 Å². The van der Waals surface area contributed by atoms with Gasteiger partial charge in [-0.1, -0.05) is 66.4 Å². The first kappa shape index (κ1) is 22.3. The molecule has 0 N–H and O–H groups in total. The number of morpholine rings is 1. The van der Waals surface area contributed by atoms with Crippen molar-refractivity contribution in [2.75, 3.05) is 26.3 Å². The summed E-state index contributed by atoms with van der Waals surface area (Å²) in [6, 6.07) is 22.4. The lowest BCUT2D eigenvalue weighted by Gasteiger charge is -2.30. The van der Waals surface area contributed by atoms with Crippen molar-refractivity contribution in [3.05, 3.63) is 101 Å². The third kappa shape index (κ3) is 4.34. The van der Waals surface area contributed by atoms with Crippen LogP contribution in [0.3, 0.4) is 0 Å². The van der Waals surface area contributed by atoms with Crippen LogP contribution in [0, 0.1) is 5.82 Å². The van der Waals surface area contributed by atoms with E-state index in [1.165, 1.54) is 10.6 Å². The molecular formula is C26H22FN3O3S. The summed E-state index contributed by atoms with van der Waals surface area (Å²) >= 11 is 1.16. The molecule has 0 spiro atoms. The Morgan fingerprint density at radius 2 is 1.62 bits per heavy atom. The molecule has 0 unspecified atom stereocenters. The average Bonchev–Trinajstić information content (AvgIpc) is 2.89. The highest BCUT2D eigenvalue weighted by Gasteiger charge is 2.30. The Labute approximate surface area is 200 Å². The maximum Gasteiger partial charge on any atom is 0.266 e. The van der Waals surface area contributed by atoms with Gasteiger partial charge in [0.25, 0.3) is 5.56 Å². The molecule has 1 atom stereocenters. The molecule has 172 valence electrons. The molecule has 1 aliphatic rings. The topological polar surface area (TPSA) is 64.4 Å². The van der Waals surface area contributed by atoms with Gasteiger partial charge in [0, 0.05) is 13.1 Å². The Morgan fingerprint density at radius 3 is 2.38 bits per heavy atom. The lowest BCUT2D eigenvalue weighted by Crippen LogP contribution is -2.42. The fourth-order valence-corrected chi connectivity index (χ4v) is 5.17. The largest absolute Gasteiger partial charge is 0.378 e. The highest BCUT2D eigenvalue weighted by molar-refractivity contribution is 8.00. The van der Waals surface area contributed by atoms with Crippen LogP contribution in [-0.4, -0.2) is 46.7 Å². The minimum atomic E-state index is -0.662. The molecule has 5 rings (SSSR count). The fraction of sp³-hybridized carbons (Fsp3) is 0.192. The smallest absolute Gasteiger partial charge is 0.266 e. The van der Waals surface area contributed by atoms with E-state index in [1.807, 2.05) is 30.3 Å². The van der Waals surface area contributed by atoms with Crippen molar-refractivity contribution in [3.8, 4) is 5.69 Å². The summed E-state index contributed by atoms with van der Waals surface area (Å²) < 4.78 is 21.5. The van der Waals surface area contributed by atoms with E-state index in [9.17, 15) is 14.0 Å². The van der Waals surface area contributed by atoms with Crippen LogP contribution in [0.4, 0.5) is 4.39 Å². The van der Waals surface area contributed by atoms with Crippen molar-refractivity contribution in [2.45, 2.75) is 10.4 Å². The van der Waals surface area contributed by atoms with E-state index in [2.05, 4.69) is 0 Å². The molecule has 0 bridgehead atoms. The Hall–Kier alpha value is -3.49. The second-order valence-electron chi connectivity index (χ2n) is 7.85. The number of carbonyl (C=O) groups excluding carboxylic acids is 1. The van der Waals surface area contributed by atoms with Crippen LogP contribution >= 0.6 is 11.8 Å². The molecule has 0 saturated carbocycles. The lowest BCUT2D eigenvalue weighted by molar-refractivity contribution is -0.134. The quantitative estimate of drug-likeness (QED) is 0.320. The minimum Gasteiger partial charge on any atom is -0.378 e. The van der Waals surface area contributed by atoms with Crippen LogP contribution in [0.1, 0.15) is 10.8 Å². The standard InChI is InChI=1S/C26H22FN3O3S/c27-20-11-5-7-13-22(20)30-24(31)19-10-4-6-12-21(19)28-26(30)34-23(18-8-2-1-3-9-18)25(32)29-14-16-33-17-15-29/h1-13,23H,14-17H2/t23-/m1/s1. The van der Waals surface area contributed by atoms with Crippen LogP contribution in [0.15, 0.2) is 88.8 Å². The number of rotatable bonds is 5. The molecule has 8 heteroatoms. The number of thioether (sulfide) groups is 1. The predicted octanol–water partition coefficient (Wildman–Crippen LogP) is 4.22.